The third kappa shape index (κ3) is 4.01. The fourth-order valence-corrected chi connectivity index (χ4v) is 3.49. The van der Waals surface area contributed by atoms with Crippen LogP contribution >= 0.6 is 0 Å². The number of aliphatic hydroxyl groups is 4. The summed E-state index contributed by atoms with van der Waals surface area (Å²) >= 11 is 0. The van der Waals surface area contributed by atoms with Gasteiger partial charge in [0.15, 0.2) is 23.0 Å². The van der Waals surface area contributed by atoms with Crippen LogP contribution in [0.1, 0.15) is 15.9 Å². The standard InChI is InChI=1S/C21H20O12/c22-6-14-18(28)19(29)20(30)21(33-14)31-8-4-9(23)15-12(5-8)32-13(17(15)27)3-7-1-10(24)16(26)11(25)2-7/h1-5,14,18-26,28-30H,6H2/b13-3-/t14-,18-,19+,20-,21-/m1/s1. The highest BCUT2D eigenvalue weighted by molar-refractivity contribution is 6.16. The number of rotatable bonds is 4. The number of ether oxygens (including phenoxy) is 3. The van der Waals surface area contributed by atoms with Crippen LogP contribution in [0.2, 0.25) is 0 Å². The maximum absolute atomic E-state index is 12.7. The first-order chi connectivity index (χ1) is 15.6. The zero-order chi connectivity index (χ0) is 24.0. The predicted octanol–water partition coefficient (Wildman–Crippen LogP) is -0.696. The number of phenols is 4. The largest absolute Gasteiger partial charge is 0.507 e. The Morgan fingerprint density at radius 1 is 0.909 bits per heavy atom. The highest BCUT2D eigenvalue weighted by Crippen LogP contribution is 2.42. The van der Waals surface area contributed by atoms with Gasteiger partial charge < -0.3 is 55.1 Å². The monoisotopic (exact) mass is 464 g/mol. The van der Waals surface area contributed by atoms with Crippen molar-refractivity contribution in [1.29, 1.82) is 0 Å². The van der Waals surface area contributed by atoms with E-state index in [1.165, 1.54) is 12.1 Å². The number of phenolic OH excluding ortho intramolecular Hbond substituents is 4. The van der Waals surface area contributed by atoms with Crippen LogP contribution in [0.25, 0.3) is 6.08 Å². The first-order valence-electron chi connectivity index (χ1n) is 9.64. The second-order valence-corrected chi connectivity index (χ2v) is 7.48. The van der Waals surface area contributed by atoms with E-state index in [4.69, 9.17) is 14.2 Å². The lowest BCUT2D eigenvalue weighted by Gasteiger charge is -2.39. The van der Waals surface area contributed by atoms with Gasteiger partial charge in [0.25, 0.3) is 0 Å². The fourth-order valence-electron chi connectivity index (χ4n) is 3.49. The van der Waals surface area contributed by atoms with Gasteiger partial charge in [0, 0.05) is 12.1 Å². The number of allylic oxidation sites excluding steroid dienone is 1. The van der Waals surface area contributed by atoms with Gasteiger partial charge in [-0.3, -0.25) is 4.79 Å². The van der Waals surface area contributed by atoms with Crippen molar-refractivity contribution in [2.45, 2.75) is 30.7 Å². The summed E-state index contributed by atoms with van der Waals surface area (Å²) in [5, 5.41) is 78.1. The number of carbonyl (C=O) groups excluding carboxylic acids is 1. The van der Waals surface area contributed by atoms with Crippen molar-refractivity contribution in [3.63, 3.8) is 0 Å². The molecular formula is C21H20O12. The molecule has 2 aliphatic heterocycles. The molecule has 0 spiro atoms. The van der Waals surface area contributed by atoms with Crippen LogP contribution in [0.15, 0.2) is 30.0 Å². The number of ketones is 1. The molecule has 0 bridgehead atoms. The van der Waals surface area contributed by atoms with Gasteiger partial charge in [-0.05, 0) is 23.8 Å². The van der Waals surface area contributed by atoms with Crippen LogP contribution in [0.3, 0.4) is 0 Å². The Morgan fingerprint density at radius 2 is 1.58 bits per heavy atom. The number of Topliss-reactive ketones (excluding diaryl/α,β-unsaturated/α-hetero) is 1. The van der Waals surface area contributed by atoms with Gasteiger partial charge >= 0.3 is 0 Å². The molecule has 1 saturated heterocycles. The second-order valence-electron chi connectivity index (χ2n) is 7.48. The Morgan fingerprint density at radius 3 is 2.21 bits per heavy atom. The summed E-state index contributed by atoms with van der Waals surface area (Å²) < 4.78 is 16.1. The first-order valence-corrected chi connectivity index (χ1v) is 9.64. The summed E-state index contributed by atoms with van der Waals surface area (Å²) in [5.74, 6) is -3.72. The molecule has 12 heteroatoms. The number of hydrogen-bond acceptors (Lipinski definition) is 12. The zero-order valence-corrected chi connectivity index (χ0v) is 16.7. The molecule has 4 rings (SSSR count). The van der Waals surface area contributed by atoms with Crippen molar-refractivity contribution in [1.82, 2.24) is 0 Å². The number of carbonyl (C=O) groups is 1. The maximum Gasteiger partial charge on any atom is 0.235 e. The minimum absolute atomic E-state index is 0.113. The van der Waals surface area contributed by atoms with Crippen LogP contribution in [-0.2, 0) is 4.74 Å². The summed E-state index contributed by atoms with van der Waals surface area (Å²) in [6, 6.07) is 4.41. The lowest BCUT2D eigenvalue weighted by Crippen LogP contribution is -2.60. The number of fused-ring (bicyclic) bond motifs is 1. The summed E-state index contributed by atoms with van der Waals surface area (Å²) in [4.78, 5) is 12.7. The molecule has 2 aromatic carbocycles. The molecule has 5 atom stereocenters. The number of aliphatic hydroxyl groups excluding tert-OH is 4. The van der Waals surface area contributed by atoms with E-state index in [0.717, 1.165) is 18.2 Å². The van der Waals surface area contributed by atoms with E-state index >= 15 is 0 Å². The molecule has 0 saturated carbocycles. The number of aromatic hydroxyl groups is 4. The van der Waals surface area contributed by atoms with E-state index in [0.29, 0.717) is 0 Å². The quantitative estimate of drug-likeness (QED) is 0.209. The second kappa shape index (κ2) is 8.42. The Balaban J connectivity index is 1.60. The lowest BCUT2D eigenvalue weighted by atomic mass is 9.99. The predicted molar refractivity (Wildman–Crippen MR) is 107 cm³/mol. The molecule has 12 nitrogen and oxygen atoms in total. The minimum atomic E-state index is -1.69. The molecular weight excluding hydrogens is 444 g/mol. The van der Waals surface area contributed by atoms with Gasteiger partial charge in [-0.15, -0.1) is 0 Å². The van der Waals surface area contributed by atoms with E-state index in [2.05, 4.69) is 0 Å². The van der Waals surface area contributed by atoms with Crippen LogP contribution < -0.4 is 9.47 Å². The van der Waals surface area contributed by atoms with Crippen LogP contribution in [0.5, 0.6) is 34.5 Å². The molecule has 2 aromatic rings. The van der Waals surface area contributed by atoms with Crippen molar-refractivity contribution in [3.8, 4) is 34.5 Å². The van der Waals surface area contributed by atoms with Crippen LogP contribution in [0, 0.1) is 0 Å². The van der Waals surface area contributed by atoms with Gasteiger partial charge in [-0.2, -0.15) is 0 Å². The van der Waals surface area contributed by atoms with Gasteiger partial charge in [-0.1, -0.05) is 0 Å². The molecule has 33 heavy (non-hydrogen) atoms. The summed E-state index contributed by atoms with van der Waals surface area (Å²) in [6.45, 7) is -0.658. The molecule has 8 N–H and O–H groups in total. The topological polar surface area (TPSA) is 207 Å². The van der Waals surface area contributed by atoms with Gasteiger partial charge in [0.05, 0.1) is 6.61 Å². The van der Waals surface area contributed by atoms with E-state index in [9.17, 15) is 45.6 Å². The van der Waals surface area contributed by atoms with Gasteiger partial charge in [0.2, 0.25) is 12.1 Å². The minimum Gasteiger partial charge on any atom is -0.507 e. The molecule has 2 aliphatic rings. The van der Waals surface area contributed by atoms with Crippen molar-refractivity contribution in [2.24, 2.45) is 0 Å². The van der Waals surface area contributed by atoms with Crippen molar-refractivity contribution < 1.29 is 59.9 Å². The van der Waals surface area contributed by atoms with Crippen molar-refractivity contribution in [2.75, 3.05) is 6.61 Å². The Labute approximate surface area is 185 Å². The summed E-state index contributed by atoms with van der Waals surface area (Å²) in [6.07, 6.45) is -6.50. The summed E-state index contributed by atoms with van der Waals surface area (Å²) in [5.41, 5.74) is -0.0779. The average Bonchev–Trinajstić information content (AvgIpc) is 3.07. The molecule has 176 valence electrons. The number of hydrogen-bond donors (Lipinski definition) is 8. The molecule has 2 heterocycles. The normalized spacial score (nSPS) is 27.9. The van der Waals surface area contributed by atoms with E-state index in [1.54, 1.807) is 0 Å². The van der Waals surface area contributed by atoms with Gasteiger partial charge in [-0.25, -0.2) is 0 Å². The highest BCUT2D eigenvalue weighted by atomic mass is 16.7. The average molecular weight is 464 g/mol. The zero-order valence-electron chi connectivity index (χ0n) is 16.7. The Bertz CT molecular complexity index is 1100. The molecule has 0 aliphatic carbocycles. The molecule has 0 radical (unpaired) electrons. The molecule has 1 fully saturated rings. The summed E-state index contributed by atoms with van der Waals surface area (Å²) in [7, 11) is 0. The SMILES string of the molecule is O=C1/C(=C/c2cc(O)c(O)c(O)c2)Oc2cc(O[C@@H]3O[C@H](CO)[C@@H](O)[C@H](O)[C@H]3O)cc(O)c21. The van der Waals surface area contributed by atoms with Gasteiger partial charge in [0.1, 0.15) is 47.2 Å². The van der Waals surface area contributed by atoms with Crippen molar-refractivity contribution >= 4 is 11.9 Å². The maximum atomic E-state index is 12.7. The Hall–Kier alpha value is -3.55. The third-order valence-electron chi connectivity index (χ3n) is 5.22. The molecule has 0 amide bonds. The van der Waals surface area contributed by atoms with E-state index in [1.807, 2.05) is 0 Å². The fraction of sp³-hybridized carbons (Fsp3) is 0.286. The lowest BCUT2D eigenvalue weighted by molar-refractivity contribution is -0.277. The highest BCUT2D eigenvalue weighted by Gasteiger charge is 2.45. The van der Waals surface area contributed by atoms with Crippen molar-refractivity contribution in [3.05, 3.63) is 41.2 Å². The smallest absolute Gasteiger partial charge is 0.235 e. The Kier molecular flexibility index (Phi) is 5.78. The van der Waals surface area contributed by atoms with Crippen LogP contribution in [-0.4, -0.2) is 83.9 Å². The van der Waals surface area contributed by atoms with Crippen LogP contribution in [0.4, 0.5) is 0 Å². The first kappa shape index (κ1) is 22.6. The third-order valence-corrected chi connectivity index (χ3v) is 5.22. The molecule has 0 aromatic heterocycles. The van der Waals surface area contributed by atoms with E-state index in [-0.39, 0.29) is 28.4 Å². The molecule has 0 unspecified atom stereocenters. The number of benzene rings is 2. The van der Waals surface area contributed by atoms with E-state index < -0.39 is 66.1 Å².